The third-order valence-corrected chi connectivity index (χ3v) is 3.56. The second kappa shape index (κ2) is 6.26. The van der Waals surface area contributed by atoms with Crippen molar-refractivity contribution in [3.8, 4) is 0 Å². The van der Waals surface area contributed by atoms with Gasteiger partial charge in [-0.15, -0.1) is 0 Å². The first-order valence-corrected chi connectivity index (χ1v) is 7.49. The maximum Gasteiger partial charge on any atom is 0.341 e. The molecule has 3 aromatic rings. The Bertz CT molecular complexity index is 885. The molecule has 0 spiro atoms. The zero-order valence-corrected chi connectivity index (χ0v) is 14.0. The van der Waals surface area contributed by atoms with Gasteiger partial charge in [0.25, 0.3) is 0 Å². The number of rotatable bonds is 5. The van der Waals surface area contributed by atoms with Crippen LogP contribution in [-0.4, -0.2) is 44.5 Å². The standard InChI is InChI=1S/C15H18N6O3/c1-5-23-15(22)11-6-16-14-10(7-17-21(14)4)13(11)20(3)8-12-18-9(2)24-19-12/h6-7H,5,8H2,1-4H3. The molecule has 0 unspecified atom stereocenters. The van der Waals surface area contributed by atoms with Crippen LogP contribution in [0.15, 0.2) is 16.9 Å². The van der Waals surface area contributed by atoms with Crippen molar-refractivity contribution in [2.24, 2.45) is 7.05 Å². The van der Waals surface area contributed by atoms with Gasteiger partial charge < -0.3 is 14.2 Å². The molecule has 0 fully saturated rings. The molecule has 3 heterocycles. The summed E-state index contributed by atoms with van der Waals surface area (Å²) in [6.45, 7) is 4.15. The first-order valence-electron chi connectivity index (χ1n) is 7.49. The molecule has 0 atom stereocenters. The van der Waals surface area contributed by atoms with Crippen LogP contribution >= 0.6 is 0 Å². The number of anilines is 1. The number of hydrogen-bond donors (Lipinski definition) is 0. The molecule has 3 aromatic heterocycles. The minimum Gasteiger partial charge on any atom is -0.462 e. The van der Waals surface area contributed by atoms with Crippen LogP contribution in [0.25, 0.3) is 11.0 Å². The van der Waals surface area contributed by atoms with Gasteiger partial charge >= 0.3 is 5.97 Å². The maximum absolute atomic E-state index is 12.3. The lowest BCUT2D eigenvalue weighted by Gasteiger charge is -2.21. The molecule has 0 amide bonds. The number of carbonyl (C=O) groups excluding carboxylic acids is 1. The zero-order valence-electron chi connectivity index (χ0n) is 14.0. The van der Waals surface area contributed by atoms with Gasteiger partial charge in [0, 0.05) is 27.2 Å². The van der Waals surface area contributed by atoms with Gasteiger partial charge in [-0.25, -0.2) is 9.78 Å². The molecule has 126 valence electrons. The Morgan fingerprint density at radius 1 is 1.42 bits per heavy atom. The Morgan fingerprint density at radius 3 is 2.88 bits per heavy atom. The SMILES string of the molecule is CCOC(=O)c1cnc2c(cnn2C)c1N(C)Cc1noc(C)n1. The van der Waals surface area contributed by atoms with E-state index in [1.54, 1.807) is 31.8 Å². The minimum atomic E-state index is -0.429. The van der Waals surface area contributed by atoms with Crippen molar-refractivity contribution < 1.29 is 14.1 Å². The smallest absolute Gasteiger partial charge is 0.341 e. The molecule has 0 aliphatic carbocycles. The first-order chi connectivity index (χ1) is 11.5. The maximum atomic E-state index is 12.3. The van der Waals surface area contributed by atoms with Crippen molar-refractivity contribution in [1.82, 2.24) is 24.9 Å². The van der Waals surface area contributed by atoms with Crippen molar-refractivity contribution in [3.05, 3.63) is 29.7 Å². The van der Waals surface area contributed by atoms with E-state index in [1.807, 2.05) is 11.9 Å². The fourth-order valence-corrected chi connectivity index (χ4v) is 2.55. The minimum absolute atomic E-state index is 0.289. The van der Waals surface area contributed by atoms with Gasteiger partial charge in [0.05, 0.1) is 30.4 Å². The highest BCUT2D eigenvalue weighted by molar-refractivity contribution is 6.04. The number of aromatic nitrogens is 5. The number of hydrogen-bond acceptors (Lipinski definition) is 8. The van der Waals surface area contributed by atoms with E-state index >= 15 is 0 Å². The van der Waals surface area contributed by atoms with E-state index in [2.05, 4.69) is 20.2 Å². The van der Waals surface area contributed by atoms with Gasteiger partial charge in [-0.1, -0.05) is 5.16 Å². The zero-order chi connectivity index (χ0) is 17.3. The van der Waals surface area contributed by atoms with Crippen LogP contribution < -0.4 is 4.90 Å². The number of nitrogens with zero attached hydrogens (tertiary/aromatic N) is 6. The molecule has 0 radical (unpaired) electrons. The number of esters is 1. The molecular weight excluding hydrogens is 312 g/mol. The van der Waals surface area contributed by atoms with Crippen LogP contribution in [0.5, 0.6) is 0 Å². The second-order valence-electron chi connectivity index (χ2n) is 5.33. The van der Waals surface area contributed by atoms with Crippen LogP contribution in [0, 0.1) is 6.92 Å². The summed E-state index contributed by atoms with van der Waals surface area (Å²) in [4.78, 5) is 22.7. The number of ether oxygens (including phenoxy) is 1. The van der Waals surface area contributed by atoms with Gasteiger partial charge in [0.1, 0.15) is 5.56 Å². The summed E-state index contributed by atoms with van der Waals surface area (Å²) in [6, 6.07) is 0. The van der Waals surface area contributed by atoms with Crippen LogP contribution in [-0.2, 0) is 18.3 Å². The number of fused-ring (bicyclic) bond motifs is 1. The van der Waals surface area contributed by atoms with Crippen LogP contribution in [0.4, 0.5) is 5.69 Å². The van der Waals surface area contributed by atoms with Gasteiger partial charge in [0.15, 0.2) is 11.5 Å². The fourth-order valence-electron chi connectivity index (χ4n) is 2.55. The topological polar surface area (TPSA) is 99.2 Å². The third-order valence-electron chi connectivity index (χ3n) is 3.56. The molecule has 0 aliphatic heterocycles. The predicted octanol–water partition coefficient (Wildman–Crippen LogP) is 1.47. The summed E-state index contributed by atoms with van der Waals surface area (Å²) in [5.41, 5.74) is 1.73. The number of pyridine rings is 1. The summed E-state index contributed by atoms with van der Waals surface area (Å²) >= 11 is 0. The van der Waals surface area contributed by atoms with E-state index in [1.165, 1.54) is 6.20 Å². The molecule has 0 N–H and O–H groups in total. The number of carbonyl (C=O) groups is 1. The van der Waals surface area contributed by atoms with Crippen LogP contribution in [0.1, 0.15) is 29.0 Å². The molecular formula is C15H18N6O3. The Morgan fingerprint density at radius 2 is 2.21 bits per heavy atom. The highest BCUT2D eigenvalue weighted by Gasteiger charge is 2.22. The van der Waals surface area contributed by atoms with E-state index in [4.69, 9.17) is 9.26 Å². The molecule has 0 saturated carbocycles. The second-order valence-corrected chi connectivity index (χ2v) is 5.33. The fraction of sp³-hybridized carbons (Fsp3) is 0.400. The summed E-state index contributed by atoms with van der Waals surface area (Å²) in [5, 5.41) is 8.87. The monoisotopic (exact) mass is 330 g/mol. The van der Waals surface area contributed by atoms with Crippen molar-refractivity contribution in [2.45, 2.75) is 20.4 Å². The molecule has 0 aromatic carbocycles. The molecule has 24 heavy (non-hydrogen) atoms. The lowest BCUT2D eigenvalue weighted by atomic mass is 10.1. The summed E-state index contributed by atoms with van der Waals surface area (Å²) < 4.78 is 11.8. The molecule has 0 bridgehead atoms. The van der Waals surface area contributed by atoms with Gasteiger partial charge in [-0.05, 0) is 6.92 Å². The van der Waals surface area contributed by atoms with E-state index in [0.717, 1.165) is 5.39 Å². The van der Waals surface area contributed by atoms with Crippen LogP contribution in [0.3, 0.4) is 0 Å². The van der Waals surface area contributed by atoms with E-state index in [9.17, 15) is 4.79 Å². The Kier molecular flexibility index (Phi) is 4.15. The Balaban J connectivity index is 2.07. The van der Waals surface area contributed by atoms with Crippen molar-refractivity contribution in [2.75, 3.05) is 18.6 Å². The first kappa shape index (κ1) is 15.9. The largest absolute Gasteiger partial charge is 0.462 e. The Hall–Kier alpha value is -2.97. The summed E-state index contributed by atoms with van der Waals surface area (Å²) in [6.07, 6.45) is 3.19. The molecule has 0 aliphatic rings. The van der Waals surface area contributed by atoms with E-state index < -0.39 is 5.97 Å². The van der Waals surface area contributed by atoms with Gasteiger partial charge in [0.2, 0.25) is 5.89 Å². The predicted molar refractivity (Wildman–Crippen MR) is 85.6 cm³/mol. The third kappa shape index (κ3) is 2.80. The van der Waals surface area contributed by atoms with Crippen LogP contribution in [0.2, 0.25) is 0 Å². The average molecular weight is 330 g/mol. The average Bonchev–Trinajstić information content (AvgIpc) is 3.12. The van der Waals surface area contributed by atoms with E-state index in [-0.39, 0.29) is 6.61 Å². The van der Waals surface area contributed by atoms with Crippen molar-refractivity contribution >= 4 is 22.7 Å². The van der Waals surface area contributed by atoms with Crippen molar-refractivity contribution in [1.29, 1.82) is 0 Å². The quantitative estimate of drug-likeness (QED) is 0.649. The lowest BCUT2D eigenvalue weighted by molar-refractivity contribution is 0.0527. The van der Waals surface area contributed by atoms with Gasteiger partial charge in [-0.3, -0.25) is 4.68 Å². The lowest BCUT2D eigenvalue weighted by Crippen LogP contribution is -2.21. The van der Waals surface area contributed by atoms with Gasteiger partial charge in [-0.2, -0.15) is 10.1 Å². The molecule has 3 rings (SSSR count). The summed E-state index contributed by atoms with van der Waals surface area (Å²) in [5.74, 6) is 0.589. The highest BCUT2D eigenvalue weighted by Crippen LogP contribution is 2.30. The summed E-state index contributed by atoms with van der Waals surface area (Å²) in [7, 11) is 3.64. The Labute approximate surface area is 138 Å². The van der Waals surface area contributed by atoms with E-state index in [0.29, 0.717) is 35.2 Å². The molecule has 9 heteroatoms. The number of aryl methyl sites for hydroxylation is 2. The molecule has 9 nitrogen and oxygen atoms in total. The highest BCUT2D eigenvalue weighted by atomic mass is 16.5. The normalized spacial score (nSPS) is 11.0. The molecule has 0 saturated heterocycles. The van der Waals surface area contributed by atoms with Crippen molar-refractivity contribution in [3.63, 3.8) is 0 Å².